The van der Waals surface area contributed by atoms with Crippen LogP contribution in [-0.2, 0) is 10.0 Å². The Morgan fingerprint density at radius 1 is 1.00 bits per heavy atom. The molecule has 1 atom stereocenters. The second kappa shape index (κ2) is 8.97. The molecular weight excluding hydrogens is 418 g/mol. The Morgan fingerprint density at radius 2 is 1.70 bits per heavy atom. The molecule has 2 heterocycles. The molecule has 0 spiro atoms. The molecule has 0 radical (unpaired) electrons. The van der Waals surface area contributed by atoms with Crippen molar-refractivity contribution >= 4 is 32.4 Å². The van der Waals surface area contributed by atoms with Crippen molar-refractivity contribution in [1.29, 1.82) is 0 Å². The number of rotatable bonds is 5. The van der Waals surface area contributed by atoms with Crippen molar-refractivity contribution in [2.75, 3.05) is 11.3 Å². The molecule has 1 amide bonds. The Morgan fingerprint density at radius 3 is 2.43 bits per heavy atom. The fourth-order valence-corrected chi connectivity index (χ4v) is 5.67. The normalized spacial score (nSPS) is 17.3. The number of benzene rings is 2. The maximum atomic E-state index is 13.3. The number of likely N-dealkylation sites (tertiary alicyclic amines) is 1. The van der Waals surface area contributed by atoms with Gasteiger partial charge in [0.25, 0.3) is 15.9 Å². The van der Waals surface area contributed by atoms with Gasteiger partial charge in [-0.3, -0.25) is 9.52 Å². The zero-order valence-electron chi connectivity index (χ0n) is 16.4. The van der Waals surface area contributed by atoms with E-state index in [1.807, 2.05) is 23.1 Å². The van der Waals surface area contributed by atoms with Crippen LogP contribution in [-0.4, -0.2) is 30.8 Å². The molecule has 2 aromatic carbocycles. The van der Waals surface area contributed by atoms with Gasteiger partial charge in [-0.05, 0) is 30.5 Å². The van der Waals surface area contributed by atoms with E-state index in [4.69, 9.17) is 0 Å². The lowest BCUT2D eigenvalue weighted by Crippen LogP contribution is -2.35. The summed E-state index contributed by atoms with van der Waals surface area (Å²) >= 11 is 1.12. The lowest BCUT2D eigenvalue weighted by molar-refractivity contribution is 0.0675. The standard InChI is InChI=1S/C22H23N3O3S2/c26-21(25-15-9-3-8-14-20(25)17-10-4-1-5-11-17)19-16-29-22(23-19)24-30(27,28)18-12-6-2-7-13-18/h1-2,4-7,10-13,16,20H,3,8-9,14-15H2,(H,23,24). The minimum atomic E-state index is -3.74. The molecule has 0 aliphatic carbocycles. The Labute approximate surface area is 180 Å². The summed E-state index contributed by atoms with van der Waals surface area (Å²) in [6.45, 7) is 0.668. The first-order chi connectivity index (χ1) is 14.5. The topological polar surface area (TPSA) is 79.4 Å². The van der Waals surface area contributed by atoms with Crippen LogP contribution >= 0.6 is 11.3 Å². The van der Waals surface area contributed by atoms with Crippen LogP contribution in [0.2, 0.25) is 0 Å². The van der Waals surface area contributed by atoms with Gasteiger partial charge in [-0.25, -0.2) is 13.4 Å². The zero-order valence-corrected chi connectivity index (χ0v) is 18.0. The van der Waals surface area contributed by atoms with Gasteiger partial charge in [0.05, 0.1) is 10.9 Å². The number of hydrogen-bond donors (Lipinski definition) is 1. The van der Waals surface area contributed by atoms with Crippen molar-refractivity contribution in [3.05, 3.63) is 77.3 Å². The van der Waals surface area contributed by atoms with E-state index in [2.05, 4.69) is 21.8 Å². The van der Waals surface area contributed by atoms with Crippen molar-refractivity contribution in [2.24, 2.45) is 0 Å². The lowest BCUT2D eigenvalue weighted by atomic mass is 10.0. The molecular formula is C22H23N3O3S2. The van der Waals surface area contributed by atoms with Crippen LogP contribution in [0.25, 0.3) is 0 Å². The number of nitrogens with zero attached hydrogens (tertiary/aromatic N) is 2. The smallest absolute Gasteiger partial charge is 0.273 e. The summed E-state index contributed by atoms with van der Waals surface area (Å²) in [6, 6.07) is 18.2. The number of hydrogen-bond acceptors (Lipinski definition) is 5. The number of carbonyl (C=O) groups excluding carboxylic acids is 1. The monoisotopic (exact) mass is 441 g/mol. The zero-order chi connectivity index (χ0) is 21.0. The highest BCUT2D eigenvalue weighted by Crippen LogP contribution is 2.32. The third-order valence-electron chi connectivity index (χ3n) is 5.20. The molecule has 6 nitrogen and oxygen atoms in total. The molecule has 0 saturated carbocycles. The van der Waals surface area contributed by atoms with Crippen LogP contribution in [0.4, 0.5) is 5.13 Å². The summed E-state index contributed by atoms with van der Waals surface area (Å²) in [5, 5.41) is 1.81. The quantitative estimate of drug-likeness (QED) is 0.622. The molecule has 1 unspecified atom stereocenters. The molecule has 4 rings (SSSR count). The molecule has 1 aliphatic heterocycles. The van der Waals surface area contributed by atoms with Crippen LogP contribution in [0.3, 0.4) is 0 Å². The van der Waals surface area contributed by atoms with Gasteiger partial charge in [0.15, 0.2) is 5.13 Å². The van der Waals surface area contributed by atoms with Crippen molar-refractivity contribution in [3.8, 4) is 0 Å². The first-order valence-corrected chi connectivity index (χ1v) is 12.3. The van der Waals surface area contributed by atoms with E-state index in [1.54, 1.807) is 23.6 Å². The second-order valence-electron chi connectivity index (χ2n) is 7.23. The van der Waals surface area contributed by atoms with Crippen molar-refractivity contribution in [2.45, 2.75) is 36.6 Å². The second-order valence-corrected chi connectivity index (χ2v) is 9.77. The fraction of sp³-hybridized carbons (Fsp3) is 0.273. The lowest BCUT2D eigenvalue weighted by Gasteiger charge is -2.30. The number of aromatic nitrogens is 1. The first kappa shape index (κ1) is 20.6. The molecule has 3 aromatic rings. The average molecular weight is 442 g/mol. The van der Waals surface area contributed by atoms with E-state index < -0.39 is 10.0 Å². The molecule has 1 aromatic heterocycles. The molecule has 8 heteroatoms. The average Bonchev–Trinajstić information content (AvgIpc) is 3.08. The molecule has 1 N–H and O–H groups in total. The van der Waals surface area contributed by atoms with Gasteiger partial charge >= 0.3 is 0 Å². The molecule has 0 bridgehead atoms. The highest BCUT2D eigenvalue weighted by atomic mass is 32.2. The van der Waals surface area contributed by atoms with Gasteiger partial charge in [-0.15, -0.1) is 11.3 Å². The van der Waals surface area contributed by atoms with Crippen molar-refractivity contribution in [3.63, 3.8) is 0 Å². The van der Waals surface area contributed by atoms with Crippen LogP contribution in [0.5, 0.6) is 0 Å². The minimum absolute atomic E-state index is 0.00682. The highest BCUT2D eigenvalue weighted by Gasteiger charge is 2.29. The Bertz CT molecular complexity index is 1100. The van der Waals surface area contributed by atoms with Crippen LogP contribution in [0, 0.1) is 0 Å². The van der Waals surface area contributed by atoms with E-state index in [-0.39, 0.29) is 27.7 Å². The predicted octanol–water partition coefficient (Wildman–Crippen LogP) is 4.70. The third-order valence-corrected chi connectivity index (χ3v) is 7.44. The molecule has 1 saturated heterocycles. The van der Waals surface area contributed by atoms with Gasteiger partial charge in [-0.2, -0.15) is 0 Å². The van der Waals surface area contributed by atoms with Gasteiger partial charge in [0.1, 0.15) is 5.69 Å². The van der Waals surface area contributed by atoms with Crippen LogP contribution in [0.15, 0.2) is 70.9 Å². The first-order valence-electron chi connectivity index (χ1n) is 9.94. The number of amides is 1. The van der Waals surface area contributed by atoms with E-state index in [9.17, 15) is 13.2 Å². The fourth-order valence-electron chi connectivity index (χ4n) is 3.71. The number of carbonyl (C=O) groups is 1. The summed E-state index contributed by atoms with van der Waals surface area (Å²) in [5.74, 6) is -0.160. The molecule has 1 aliphatic rings. The largest absolute Gasteiger partial charge is 0.330 e. The molecule has 30 heavy (non-hydrogen) atoms. The van der Waals surface area contributed by atoms with Crippen LogP contribution in [0.1, 0.15) is 47.8 Å². The maximum absolute atomic E-state index is 13.3. The van der Waals surface area contributed by atoms with Gasteiger partial charge < -0.3 is 4.90 Å². The Balaban J connectivity index is 1.55. The summed E-state index contributed by atoms with van der Waals surface area (Å²) in [4.78, 5) is 19.6. The van der Waals surface area contributed by atoms with Gasteiger partial charge in [-0.1, -0.05) is 61.4 Å². The van der Waals surface area contributed by atoms with Crippen molar-refractivity contribution < 1.29 is 13.2 Å². The summed E-state index contributed by atoms with van der Waals surface area (Å²) in [7, 11) is -3.74. The van der Waals surface area contributed by atoms with Gasteiger partial charge in [0, 0.05) is 11.9 Å². The Hall–Kier alpha value is -2.71. The molecule has 1 fully saturated rings. The third kappa shape index (κ3) is 4.55. The molecule has 156 valence electrons. The van der Waals surface area contributed by atoms with E-state index in [0.29, 0.717) is 6.54 Å². The van der Waals surface area contributed by atoms with Crippen LogP contribution < -0.4 is 4.72 Å². The number of thiazole rings is 1. The van der Waals surface area contributed by atoms with E-state index >= 15 is 0 Å². The maximum Gasteiger partial charge on any atom is 0.273 e. The van der Waals surface area contributed by atoms with E-state index in [0.717, 1.165) is 42.6 Å². The summed E-state index contributed by atoms with van der Waals surface area (Å²) in [6.07, 6.45) is 4.02. The number of anilines is 1. The minimum Gasteiger partial charge on any atom is -0.330 e. The summed E-state index contributed by atoms with van der Waals surface area (Å²) < 4.78 is 27.5. The van der Waals surface area contributed by atoms with Crippen molar-refractivity contribution in [1.82, 2.24) is 9.88 Å². The summed E-state index contributed by atoms with van der Waals surface area (Å²) in [5.41, 5.74) is 1.39. The SMILES string of the molecule is O=C(c1csc(NS(=O)(=O)c2ccccc2)n1)N1CCCCCC1c1ccccc1. The Kier molecular flexibility index (Phi) is 6.15. The highest BCUT2D eigenvalue weighted by molar-refractivity contribution is 7.93. The van der Waals surface area contributed by atoms with E-state index in [1.165, 1.54) is 12.1 Å². The number of nitrogens with one attached hydrogen (secondary N) is 1. The predicted molar refractivity (Wildman–Crippen MR) is 118 cm³/mol. The van der Waals surface area contributed by atoms with Gasteiger partial charge in [0.2, 0.25) is 0 Å². The number of sulfonamides is 1.